The number of hydrogen-bond donors (Lipinski definition) is 3. The molecule has 0 saturated heterocycles. The molecule has 3 N–H and O–H groups in total. The number of aliphatic hydroxyl groups is 3. The van der Waals surface area contributed by atoms with Crippen molar-refractivity contribution in [2.75, 3.05) is 20.4 Å². The molecule has 2 atom stereocenters. The van der Waals surface area contributed by atoms with Crippen molar-refractivity contribution in [3.8, 4) is 0 Å². The lowest BCUT2D eigenvalue weighted by Crippen LogP contribution is -2.46. The molecule has 0 aliphatic heterocycles. The second-order valence-corrected chi connectivity index (χ2v) is 3.36. The molecule has 1 rings (SSSR count). The monoisotopic (exact) mass is 222 g/mol. The number of hydrogen-bond acceptors (Lipinski definition) is 6. The summed E-state index contributed by atoms with van der Waals surface area (Å²) in [5, 5.41) is 26.1. The zero-order valence-corrected chi connectivity index (χ0v) is 8.54. The van der Waals surface area contributed by atoms with Gasteiger partial charge in [0.15, 0.2) is 0 Å². The molecular formula is C9H18O6. The Labute approximate surface area is 88.4 Å². The molecule has 0 aromatic heterocycles. The Morgan fingerprint density at radius 2 is 1.27 bits per heavy atom. The van der Waals surface area contributed by atoms with Crippen LogP contribution in [0, 0.1) is 0 Å². The lowest BCUT2D eigenvalue weighted by atomic mass is 9.92. The van der Waals surface area contributed by atoms with Gasteiger partial charge >= 0.3 is 0 Å². The first kappa shape index (κ1) is 12.8. The second-order valence-electron chi connectivity index (χ2n) is 3.36. The predicted molar refractivity (Wildman–Crippen MR) is 49.7 cm³/mol. The Kier molecular flexibility index (Phi) is 6.07. The van der Waals surface area contributed by atoms with Crippen LogP contribution in [0.25, 0.3) is 0 Å². The van der Waals surface area contributed by atoms with E-state index in [2.05, 4.69) is 0 Å². The Morgan fingerprint density at radius 1 is 0.800 bits per heavy atom. The van der Waals surface area contributed by atoms with E-state index in [1.807, 2.05) is 0 Å². The van der Waals surface area contributed by atoms with Gasteiger partial charge in [0.2, 0.25) is 0 Å². The molecule has 6 nitrogen and oxygen atoms in total. The molecule has 2 unspecified atom stereocenters. The van der Waals surface area contributed by atoms with Gasteiger partial charge in [0, 0.05) is 0 Å². The summed E-state index contributed by atoms with van der Waals surface area (Å²) in [4.78, 5) is 0. The van der Waals surface area contributed by atoms with E-state index in [9.17, 15) is 0 Å². The van der Waals surface area contributed by atoms with Crippen LogP contribution >= 0.6 is 0 Å². The molecule has 0 aromatic carbocycles. The Hall–Kier alpha value is -0.240. The molecule has 15 heavy (non-hydrogen) atoms. The fourth-order valence-corrected chi connectivity index (χ4v) is 1.94. The predicted octanol–water partition coefficient (Wildman–Crippen LogP) is -0.825. The fraction of sp³-hybridized carbons (Fsp3) is 1.00. The molecule has 0 bridgehead atoms. The summed E-state index contributed by atoms with van der Waals surface area (Å²) in [7, 11) is 0. The minimum absolute atomic E-state index is 0.299. The Morgan fingerprint density at radius 3 is 1.67 bits per heavy atom. The largest absolute Gasteiger partial charge is 0.371 e. The van der Waals surface area contributed by atoms with Gasteiger partial charge in [-0.15, -0.1) is 0 Å². The van der Waals surface area contributed by atoms with Crippen molar-refractivity contribution in [1.29, 1.82) is 0 Å². The van der Waals surface area contributed by atoms with Crippen molar-refractivity contribution in [3.63, 3.8) is 0 Å². The van der Waals surface area contributed by atoms with Crippen molar-refractivity contribution in [3.05, 3.63) is 0 Å². The molecule has 1 aliphatic carbocycles. The highest BCUT2D eigenvalue weighted by molar-refractivity contribution is 4.84. The molecular weight excluding hydrogens is 204 g/mol. The minimum atomic E-state index is -0.442. The van der Waals surface area contributed by atoms with Crippen LogP contribution in [0.4, 0.5) is 0 Å². The Balaban J connectivity index is 2.53. The quantitative estimate of drug-likeness (QED) is 0.509. The molecule has 1 saturated carbocycles. The number of aliphatic hydroxyl groups excluding tert-OH is 3. The maximum Gasteiger partial charge on any atom is 0.144 e. The van der Waals surface area contributed by atoms with Crippen molar-refractivity contribution >= 4 is 0 Å². The summed E-state index contributed by atoms with van der Waals surface area (Å²) in [6.45, 7) is -1.20. The Bertz CT molecular complexity index is 147. The van der Waals surface area contributed by atoms with E-state index in [1.54, 1.807) is 0 Å². The normalized spacial score (nSPS) is 31.8. The van der Waals surface area contributed by atoms with Crippen molar-refractivity contribution in [2.45, 2.75) is 37.6 Å². The third-order valence-corrected chi connectivity index (χ3v) is 2.55. The molecule has 1 aliphatic rings. The molecule has 0 aromatic rings. The average molecular weight is 222 g/mol. The molecule has 0 radical (unpaired) electrons. The van der Waals surface area contributed by atoms with Gasteiger partial charge in [-0.05, 0) is 19.3 Å². The molecule has 1 fully saturated rings. The first-order valence-corrected chi connectivity index (χ1v) is 5.00. The lowest BCUT2D eigenvalue weighted by Gasteiger charge is -2.36. The van der Waals surface area contributed by atoms with E-state index in [4.69, 9.17) is 29.5 Å². The van der Waals surface area contributed by atoms with Crippen LogP contribution in [0.3, 0.4) is 0 Å². The highest BCUT2D eigenvalue weighted by Crippen LogP contribution is 2.26. The van der Waals surface area contributed by atoms with E-state index < -0.39 is 12.9 Å². The van der Waals surface area contributed by atoms with Gasteiger partial charge in [-0.2, -0.15) is 0 Å². The average Bonchev–Trinajstić information content (AvgIpc) is 2.23. The van der Waals surface area contributed by atoms with Gasteiger partial charge in [-0.3, -0.25) is 0 Å². The first-order valence-electron chi connectivity index (χ1n) is 5.00. The highest BCUT2D eigenvalue weighted by atomic mass is 16.7. The van der Waals surface area contributed by atoms with Gasteiger partial charge in [-0.1, -0.05) is 0 Å². The maximum absolute atomic E-state index is 8.73. The summed E-state index contributed by atoms with van der Waals surface area (Å²) >= 11 is 0. The molecule has 90 valence electrons. The van der Waals surface area contributed by atoms with Crippen LogP contribution in [-0.4, -0.2) is 54.0 Å². The third-order valence-electron chi connectivity index (χ3n) is 2.55. The summed E-state index contributed by atoms with van der Waals surface area (Å²) in [6.07, 6.45) is 1.33. The zero-order valence-electron chi connectivity index (χ0n) is 8.54. The van der Waals surface area contributed by atoms with Crippen molar-refractivity contribution < 1.29 is 29.5 Å². The first-order chi connectivity index (χ1) is 7.33. The third kappa shape index (κ3) is 3.67. The molecule has 6 heteroatoms. The van der Waals surface area contributed by atoms with Crippen LogP contribution < -0.4 is 0 Å². The van der Waals surface area contributed by atoms with Gasteiger partial charge in [0.25, 0.3) is 0 Å². The molecule has 0 amide bonds. The van der Waals surface area contributed by atoms with E-state index in [0.29, 0.717) is 0 Å². The summed E-state index contributed by atoms with van der Waals surface area (Å²) in [5.41, 5.74) is 0. The molecule has 0 spiro atoms. The van der Waals surface area contributed by atoms with E-state index in [1.165, 1.54) is 0 Å². The van der Waals surface area contributed by atoms with Gasteiger partial charge in [0.1, 0.15) is 26.5 Å². The van der Waals surface area contributed by atoms with E-state index >= 15 is 0 Å². The van der Waals surface area contributed by atoms with Gasteiger partial charge in [0.05, 0.1) is 12.2 Å². The lowest BCUT2D eigenvalue weighted by molar-refractivity contribution is -0.211. The summed E-state index contributed by atoms with van der Waals surface area (Å²) in [5.74, 6) is 0. The number of rotatable bonds is 6. The SMILES string of the molecule is OCOC1CCCC(OCO)C1OCO. The van der Waals surface area contributed by atoms with Crippen LogP contribution in [0.5, 0.6) is 0 Å². The minimum Gasteiger partial charge on any atom is -0.371 e. The van der Waals surface area contributed by atoms with Crippen LogP contribution in [0.15, 0.2) is 0 Å². The fourth-order valence-electron chi connectivity index (χ4n) is 1.94. The topological polar surface area (TPSA) is 88.4 Å². The van der Waals surface area contributed by atoms with E-state index in [-0.39, 0.29) is 25.8 Å². The number of ether oxygens (including phenoxy) is 3. The smallest absolute Gasteiger partial charge is 0.144 e. The molecule has 0 heterocycles. The summed E-state index contributed by atoms with van der Waals surface area (Å²) < 4.78 is 15.3. The highest BCUT2D eigenvalue weighted by Gasteiger charge is 2.35. The maximum atomic E-state index is 8.73. The van der Waals surface area contributed by atoms with Gasteiger partial charge < -0.3 is 29.5 Å². The standard InChI is InChI=1S/C9H18O6/c10-4-13-7-2-1-3-8(14-5-11)9(7)15-6-12/h7-12H,1-6H2. The second kappa shape index (κ2) is 7.10. The van der Waals surface area contributed by atoms with Gasteiger partial charge in [-0.25, -0.2) is 0 Å². The van der Waals surface area contributed by atoms with Crippen molar-refractivity contribution in [2.24, 2.45) is 0 Å². The van der Waals surface area contributed by atoms with E-state index in [0.717, 1.165) is 19.3 Å². The van der Waals surface area contributed by atoms with Crippen molar-refractivity contribution in [1.82, 2.24) is 0 Å². The zero-order chi connectivity index (χ0) is 11.1. The van der Waals surface area contributed by atoms with Crippen LogP contribution in [0.2, 0.25) is 0 Å². The summed E-state index contributed by atoms with van der Waals surface area (Å²) in [6, 6.07) is 0. The van der Waals surface area contributed by atoms with Crippen LogP contribution in [-0.2, 0) is 14.2 Å². The van der Waals surface area contributed by atoms with Crippen LogP contribution in [0.1, 0.15) is 19.3 Å².